The average Bonchev–Trinajstić information content (AvgIpc) is 3.14. The summed E-state index contributed by atoms with van der Waals surface area (Å²) in [4.78, 5) is 13.0. The number of ether oxygens (including phenoxy) is 1. The Morgan fingerprint density at radius 2 is 1.97 bits per heavy atom. The van der Waals surface area contributed by atoms with E-state index in [2.05, 4.69) is 41.6 Å². The SMILES string of the molecule is CCCCCCOc1ccc(C2C3=C(CC(C)(C)CC3=O)Nc3nnnn32)cc1. The van der Waals surface area contributed by atoms with Crippen LogP contribution in [0.15, 0.2) is 35.5 Å². The maximum Gasteiger partial charge on any atom is 0.248 e. The third-order valence-corrected chi connectivity index (χ3v) is 5.66. The number of Topliss-reactive ketones (excluding diaryl/α,β-unsaturated/α-hetero) is 1. The van der Waals surface area contributed by atoms with Gasteiger partial charge in [-0.15, -0.1) is 0 Å². The molecule has 7 heteroatoms. The van der Waals surface area contributed by atoms with Gasteiger partial charge in [0.25, 0.3) is 0 Å². The highest BCUT2D eigenvalue weighted by atomic mass is 16.5. The number of anilines is 1. The first kappa shape index (κ1) is 19.6. The quantitative estimate of drug-likeness (QED) is 0.704. The fourth-order valence-electron chi connectivity index (χ4n) is 4.24. The van der Waals surface area contributed by atoms with Crippen LogP contribution in [0.4, 0.5) is 5.95 Å². The lowest BCUT2D eigenvalue weighted by molar-refractivity contribution is -0.118. The van der Waals surface area contributed by atoms with Crippen molar-refractivity contribution in [2.45, 2.75) is 65.3 Å². The zero-order chi connectivity index (χ0) is 20.4. The second-order valence-electron chi connectivity index (χ2n) is 8.79. The highest BCUT2D eigenvalue weighted by Gasteiger charge is 2.41. The Kier molecular flexibility index (Phi) is 5.39. The van der Waals surface area contributed by atoms with Gasteiger partial charge in [-0.2, -0.15) is 4.68 Å². The molecule has 1 unspecified atom stereocenters. The van der Waals surface area contributed by atoms with Crippen LogP contribution in [0.25, 0.3) is 0 Å². The number of nitrogens with one attached hydrogen (secondary N) is 1. The van der Waals surface area contributed by atoms with Gasteiger partial charge < -0.3 is 10.1 Å². The van der Waals surface area contributed by atoms with Crippen LogP contribution in [0.3, 0.4) is 0 Å². The fourth-order valence-corrected chi connectivity index (χ4v) is 4.24. The number of allylic oxidation sites excluding steroid dienone is 2. The summed E-state index contributed by atoms with van der Waals surface area (Å²) in [6, 6.07) is 7.66. The number of carbonyl (C=O) groups is 1. The van der Waals surface area contributed by atoms with Gasteiger partial charge in [-0.3, -0.25) is 4.79 Å². The second-order valence-corrected chi connectivity index (χ2v) is 8.79. The summed E-state index contributed by atoms with van der Waals surface area (Å²) in [7, 11) is 0. The normalized spacial score (nSPS) is 20.1. The molecule has 0 saturated heterocycles. The second kappa shape index (κ2) is 7.97. The Bertz CT molecular complexity index is 914. The van der Waals surface area contributed by atoms with Crippen LogP contribution < -0.4 is 10.1 Å². The van der Waals surface area contributed by atoms with Crippen molar-refractivity contribution >= 4 is 11.7 Å². The largest absolute Gasteiger partial charge is 0.494 e. The van der Waals surface area contributed by atoms with Crippen LogP contribution in [0, 0.1) is 5.41 Å². The van der Waals surface area contributed by atoms with Gasteiger partial charge in [-0.25, -0.2) is 0 Å². The van der Waals surface area contributed by atoms with Gasteiger partial charge >= 0.3 is 0 Å². The summed E-state index contributed by atoms with van der Waals surface area (Å²) < 4.78 is 7.57. The maximum atomic E-state index is 13.0. The summed E-state index contributed by atoms with van der Waals surface area (Å²) >= 11 is 0. The molecule has 1 aliphatic carbocycles. The van der Waals surface area contributed by atoms with Gasteiger partial charge in [0, 0.05) is 17.7 Å². The minimum Gasteiger partial charge on any atom is -0.494 e. The van der Waals surface area contributed by atoms with Gasteiger partial charge in [-0.1, -0.05) is 57.3 Å². The number of nitrogens with zero attached hydrogens (tertiary/aromatic N) is 4. The van der Waals surface area contributed by atoms with Gasteiger partial charge in [0.15, 0.2) is 5.78 Å². The molecule has 0 radical (unpaired) electrons. The van der Waals surface area contributed by atoms with E-state index >= 15 is 0 Å². The van der Waals surface area contributed by atoms with E-state index in [0.29, 0.717) is 12.4 Å². The standard InChI is InChI=1S/C22H29N5O2/c1-4-5-6-7-12-29-16-10-8-15(9-11-16)20-19-17(13-22(2,3)14-18(19)28)23-21-24-25-26-27(20)21/h8-11,20H,4-7,12-14H2,1-3H3,(H,23,24,26). The number of benzene rings is 1. The number of unbranched alkanes of at least 4 members (excludes halogenated alkanes) is 3. The van der Waals surface area contributed by atoms with E-state index in [1.54, 1.807) is 4.68 Å². The minimum atomic E-state index is -0.307. The molecule has 1 N–H and O–H groups in total. The van der Waals surface area contributed by atoms with Crippen molar-refractivity contribution in [3.05, 3.63) is 41.1 Å². The lowest BCUT2D eigenvalue weighted by Crippen LogP contribution is -2.36. The Labute approximate surface area is 171 Å². The molecule has 1 aliphatic heterocycles. The molecule has 0 spiro atoms. The molecule has 154 valence electrons. The molecule has 1 aromatic heterocycles. The van der Waals surface area contributed by atoms with Crippen LogP contribution in [-0.4, -0.2) is 32.6 Å². The number of aromatic nitrogens is 4. The van der Waals surface area contributed by atoms with Crippen LogP contribution in [0.1, 0.15) is 70.9 Å². The zero-order valence-corrected chi connectivity index (χ0v) is 17.4. The van der Waals surface area contributed by atoms with Gasteiger partial charge in [0.1, 0.15) is 11.8 Å². The molecular weight excluding hydrogens is 366 g/mol. The first-order valence-corrected chi connectivity index (χ1v) is 10.5. The molecule has 0 bridgehead atoms. The summed E-state index contributed by atoms with van der Waals surface area (Å²) in [5.41, 5.74) is 2.63. The van der Waals surface area contributed by atoms with Gasteiger partial charge in [0.2, 0.25) is 5.95 Å². The molecule has 7 nitrogen and oxygen atoms in total. The van der Waals surface area contributed by atoms with Crippen molar-refractivity contribution in [2.24, 2.45) is 5.41 Å². The van der Waals surface area contributed by atoms with E-state index in [1.165, 1.54) is 19.3 Å². The molecule has 1 aromatic carbocycles. The van der Waals surface area contributed by atoms with Crippen LogP contribution in [0.2, 0.25) is 0 Å². The molecular formula is C22H29N5O2. The van der Waals surface area contributed by atoms with Crippen LogP contribution in [0.5, 0.6) is 5.75 Å². The van der Waals surface area contributed by atoms with Crippen molar-refractivity contribution < 1.29 is 9.53 Å². The van der Waals surface area contributed by atoms with E-state index in [1.807, 2.05) is 24.3 Å². The Morgan fingerprint density at radius 1 is 1.17 bits per heavy atom. The molecule has 29 heavy (non-hydrogen) atoms. The maximum absolute atomic E-state index is 13.0. The van der Waals surface area contributed by atoms with E-state index < -0.39 is 0 Å². The monoisotopic (exact) mass is 395 g/mol. The third kappa shape index (κ3) is 4.04. The summed E-state index contributed by atoms with van der Waals surface area (Å²) in [5, 5.41) is 15.4. The molecule has 2 aromatic rings. The summed E-state index contributed by atoms with van der Waals surface area (Å²) in [6.07, 6.45) is 6.06. The van der Waals surface area contributed by atoms with Gasteiger partial charge in [0.05, 0.1) is 6.61 Å². The van der Waals surface area contributed by atoms with Gasteiger partial charge in [-0.05, 0) is 46.4 Å². The Morgan fingerprint density at radius 3 is 2.72 bits per heavy atom. The third-order valence-electron chi connectivity index (χ3n) is 5.66. The molecule has 2 aliphatic rings. The van der Waals surface area contributed by atoms with Crippen molar-refractivity contribution in [3.8, 4) is 5.75 Å². The van der Waals surface area contributed by atoms with Crippen molar-refractivity contribution in [1.29, 1.82) is 0 Å². The summed E-state index contributed by atoms with van der Waals surface area (Å²) in [6.45, 7) is 7.17. The molecule has 1 atom stereocenters. The number of rotatable bonds is 7. The number of fused-ring (bicyclic) bond motifs is 1. The van der Waals surface area contributed by atoms with E-state index in [0.717, 1.165) is 42.0 Å². The van der Waals surface area contributed by atoms with Crippen molar-refractivity contribution in [3.63, 3.8) is 0 Å². The predicted molar refractivity (Wildman–Crippen MR) is 111 cm³/mol. The van der Waals surface area contributed by atoms with E-state index in [4.69, 9.17) is 4.74 Å². The number of carbonyl (C=O) groups excluding carboxylic acids is 1. The van der Waals surface area contributed by atoms with Crippen molar-refractivity contribution in [1.82, 2.24) is 20.2 Å². The number of tetrazole rings is 1. The van der Waals surface area contributed by atoms with Crippen molar-refractivity contribution in [2.75, 3.05) is 11.9 Å². The Balaban J connectivity index is 1.58. The lowest BCUT2D eigenvalue weighted by atomic mass is 9.73. The highest BCUT2D eigenvalue weighted by Crippen LogP contribution is 2.45. The first-order valence-electron chi connectivity index (χ1n) is 10.5. The van der Waals surface area contributed by atoms with E-state index in [-0.39, 0.29) is 17.2 Å². The Hall–Kier alpha value is -2.70. The zero-order valence-electron chi connectivity index (χ0n) is 17.4. The first-order chi connectivity index (χ1) is 14.0. The lowest BCUT2D eigenvalue weighted by Gasteiger charge is -2.37. The van der Waals surface area contributed by atoms with E-state index in [9.17, 15) is 4.79 Å². The minimum absolute atomic E-state index is 0.0709. The molecule has 0 amide bonds. The van der Waals surface area contributed by atoms with Crippen LogP contribution >= 0.6 is 0 Å². The van der Waals surface area contributed by atoms with Crippen LogP contribution in [-0.2, 0) is 4.79 Å². The average molecular weight is 396 g/mol. The molecule has 0 fully saturated rings. The number of ketones is 1. The molecule has 2 heterocycles. The highest BCUT2D eigenvalue weighted by molar-refractivity contribution is 6.00. The molecule has 4 rings (SSSR count). The fraction of sp³-hybridized carbons (Fsp3) is 0.545. The smallest absolute Gasteiger partial charge is 0.248 e. The topological polar surface area (TPSA) is 81.9 Å². The summed E-state index contributed by atoms with van der Waals surface area (Å²) in [5.74, 6) is 1.59. The number of hydrogen-bond acceptors (Lipinski definition) is 6. The molecule has 0 saturated carbocycles. The number of hydrogen-bond donors (Lipinski definition) is 1. The predicted octanol–water partition coefficient (Wildman–Crippen LogP) is 4.29.